The van der Waals surface area contributed by atoms with E-state index < -0.39 is 10.0 Å². The fraction of sp³-hybridized carbons (Fsp3) is 0.286. The van der Waals surface area contributed by atoms with E-state index in [0.29, 0.717) is 12.2 Å². The summed E-state index contributed by atoms with van der Waals surface area (Å²) in [6, 6.07) is 8.12. The number of hydrogen-bond donors (Lipinski definition) is 3. The van der Waals surface area contributed by atoms with Crippen LogP contribution in [0.5, 0.6) is 0 Å². The van der Waals surface area contributed by atoms with Gasteiger partial charge in [-0.1, -0.05) is 13.8 Å². The summed E-state index contributed by atoms with van der Waals surface area (Å²) in [6.45, 7) is 4.23. The van der Waals surface area contributed by atoms with Gasteiger partial charge >= 0.3 is 0 Å². The van der Waals surface area contributed by atoms with Crippen molar-refractivity contribution in [2.24, 2.45) is 5.92 Å². The van der Waals surface area contributed by atoms with Crippen LogP contribution in [0.2, 0.25) is 0 Å². The molecule has 3 N–H and O–H groups in total. The molecule has 0 aliphatic carbocycles. The number of allylic oxidation sites excluding steroid dienone is 1. The molecular formula is C14H17N7O2S. The number of hydrogen-bond acceptors (Lipinski definition) is 7. The average Bonchev–Trinajstić information content (AvgIpc) is 3.08. The zero-order chi connectivity index (χ0) is 17.6. The zero-order valence-corrected chi connectivity index (χ0v) is 14.0. The van der Waals surface area contributed by atoms with E-state index in [1.54, 1.807) is 12.1 Å². The normalized spacial score (nSPS) is 12.2. The SMILES string of the molecule is CC(C)CNS(=O)(=O)c1ccc(NC=C(C#N)c2nn[nH]n2)cc1. The molecule has 9 nitrogen and oxygen atoms in total. The summed E-state index contributed by atoms with van der Waals surface area (Å²) >= 11 is 0. The second-order valence-electron chi connectivity index (χ2n) is 5.32. The van der Waals surface area contributed by atoms with E-state index in [1.165, 1.54) is 18.3 Å². The van der Waals surface area contributed by atoms with Gasteiger partial charge in [-0.25, -0.2) is 13.1 Å². The first-order valence-corrected chi connectivity index (χ1v) is 8.61. The fourth-order valence-electron chi connectivity index (χ4n) is 1.67. The predicted molar refractivity (Wildman–Crippen MR) is 87.9 cm³/mol. The molecular weight excluding hydrogens is 330 g/mol. The minimum atomic E-state index is -3.52. The van der Waals surface area contributed by atoms with E-state index in [0.717, 1.165) is 0 Å². The van der Waals surface area contributed by atoms with Gasteiger partial charge in [-0.05, 0) is 35.4 Å². The van der Waals surface area contributed by atoms with Crippen molar-refractivity contribution in [2.45, 2.75) is 18.7 Å². The number of sulfonamides is 1. The van der Waals surface area contributed by atoms with E-state index in [4.69, 9.17) is 5.26 Å². The van der Waals surface area contributed by atoms with Crippen LogP contribution in [0.15, 0.2) is 35.4 Å². The lowest BCUT2D eigenvalue weighted by Gasteiger charge is -2.09. The van der Waals surface area contributed by atoms with E-state index in [-0.39, 0.29) is 22.2 Å². The highest BCUT2D eigenvalue weighted by atomic mass is 32.2. The molecule has 0 radical (unpaired) electrons. The summed E-state index contributed by atoms with van der Waals surface area (Å²) in [7, 11) is -3.52. The summed E-state index contributed by atoms with van der Waals surface area (Å²) in [5.41, 5.74) is 0.813. The Morgan fingerprint density at radius 3 is 2.62 bits per heavy atom. The number of benzene rings is 1. The Bertz CT molecular complexity index is 834. The number of nitrogens with zero attached hydrogens (tertiary/aromatic N) is 4. The van der Waals surface area contributed by atoms with Crippen LogP contribution in [0.3, 0.4) is 0 Å². The van der Waals surface area contributed by atoms with Crippen molar-refractivity contribution >= 4 is 21.3 Å². The number of rotatable bonds is 7. The fourth-order valence-corrected chi connectivity index (χ4v) is 2.88. The Labute approximate surface area is 139 Å². The molecule has 126 valence electrons. The molecule has 0 saturated carbocycles. The Hall–Kier alpha value is -2.77. The molecule has 0 amide bonds. The van der Waals surface area contributed by atoms with Gasteiger partial charge in [-0.15, -0.1) is 10.2 Å². The number of nitrogens with one attached hydrogen (secondary N) is 3. The second-order valence-corrected chi connectivity index (χ2v) is 7.09. The Balaban J connectivity index is 2.08. The zero-order valence-electron chi connectivity index (χ0n) is 13.2. The smallest absolute Gasteiger partial charge is 0.240 e. The highest BCUT2D eigenvalue weighted by molar-refractivity contribution is 7.89. The lowest BCUT2D eigenvalue weighted by molar-refractivity contribution is 0.560. The third-order valence-corrected chi connectivity index (χ3v) is 4.38. The molecule has 1 aromatic heterocycles. The summed E-state index contributed by atoms with van der Waals surface area (Å²) in [4.78, 5) is 0.177. The molecule has 0 spiro atoms. The standard InChI is InChI=1S/C14H17N7O2S/c1-10(2)8-17-24(22,23)13-5-3-12(4-6-13)16-9-11(7-15)14-18-20-21-19-14/h3-6,9-10,16-17H,8H2,1-2H3,(H,18,19,20,21). The Kier molecular flexibility index (Phi) is 5.62. The quantitative estimate of drug-likeness (QED) is 0.638. The number of nitriles is 1. The molecule has 0 saturated heterocycles. The van der Waals surface area contributed by atoms with Gasteiger partial charge in [0.15, 0.2) is 0 Å². The minimum absolute atomic E-state index is 0.169. The van der Waals surface area contributed by atoms with Crippen molar-refractivity contribution in [3.63, 3.8) is 0 Å². The van der Waals surface area contributed by atoms with E-state index in [9.17, 15) is 8.42 Å². The summed E-state index contributed by atoms with van der Waals surface area (Å²) < 4.78 is 26.7. The molecule has 1 heterocycles. The maximum Gasteiger partial charge on any atom is 0.240 e. The first kappa shape index (κ1) is 17.6. The van der Waals surface area contributed by atoms with E-state index >= 15 is 0 Å². The van der Waals surface area contributed by atoms with Gasteiger partial charge in [0, 0.05) is 18.4 Å². The minimum Gasteiger partial charge on any atom is -0.360 e. The van der Waals surface area contributed by atoms with Crippen molar-refractivity contribution in [3.05, 3.63) is 36.3 Å². The number of aromatic nitrogens is 4. The van der Waals surface area contributed by atoms with Crippen LogP contribution in [0.4, 0.5) is 5.69 Å². The van der Waals surface area contributed by atoms with Gasteiger partial charge in [0.1, 0.15) is 11.6 Å². The lowest BCUT2D eigenvalue weighted by atomic mass is 10.2. The van der Waals surface area contributed by atoms with Gasteiger partial charge in [0.25, 0.3) is 0 Å². The van der Waals surface area contributed by atoms with Gasteiger partial charge in [0.2, 0.25) is 15.8 Å². The summed E-state index contributed by atoms with van der Waals surface area (Å²) in [5.74, 6) is 0.391. The summed E-state index contributed by atoms with van der Waals surface area (Å²) in [5, 5.41) is 25.0. The molecule has 0 unspecified atom stereocenters. The Morgan fingerprint density at radius 2 is 2.08 bits per heavy atom. The van der Waals surface area contributed by atoms with Crippen LogP contribution in [0.1, 0.15) is 19.7 Å². The lowest BCUT2D eigenvalue weighted by Crippen LogP contribution is -2.27. The maximum absolute atomic E-state index is 12.1. The monoisotopic (exact) mass is 347 g/mol. The number of H-pyrrole nitrogens is 1. The Morgan fingerprint density at radius 1 is 1.38 bits per heavy atom. The van der Waals surface area contributed by atoms with Crippen LogP contribution in [-0.2, 0) is 10.0 Å². The molecule has 24 heavy (non-hydrogen) atoms. The largest absolute Gasteiger partial charge is 0.360 e. The van der Waals surface area contributed by atoms with Crippen molar-refractivity contribution in [2.75, 3.05) is 11.9 Å². The molecule has 0 aliphatic rings. The number of tetrazole rings is 1. The van der Waals surface area contributed by atoms with E-state index in [2.05, 4.69) is 30.7 Å². The van der Waals surface area contributed by atoms with E-state index in [1.807, 2.05) is 19.9 Å². The molecule has 0 aliphatic heterocycles. The summed E-state index contributed by atoms with van der Waals surface area (Å²) in [6.07, 6.45) is 1.42. The molecule has 2 aromatic rings. The highest BCUT2D eigenvalue weighted by Gasteiger charge is 2.13. The molecule has 2 rings (SSSR count). The van der Waals surface area contributed by atoms with Gasteiger partial charge in [-0.3, -0.25) is 0 Å². The van der Waals surface area contributed by atoms with Crippen LogP contribution < -0.4 is 10.0 Å². The molecule has 0 atom stereocenters. The average molecular weight is 347 g/mol. The van der Waals surface area contributed by atoms with Crippen molar-refractivity contribution in [1.82, 2.24) is 25.3 Å². The topological polar surface area (TPSA) is 136 Å². The number of aromatic amines is 1. The van der Waals surface area contributed by atoms with Crippen LogP contribution in [0.25, 0.3) is 5.57 Å². The predicted octanol–water partition coefficient (Wildman–Crippen LogP) is 1.11. The first-order valence-electron chi connectivity index (χ1n) is 7.12. The second kappa shape index (κ2) is 7.67. The van der Waals surface area contributed by atoms with Crippen LogP contribution in [0, 0.1) is 17.2 Å². The number of anilines is 1. The third-order valence-electron chi connectivity index (χ3n) is 2.94. The molecule has 0 bridgehead atoms. The van der Waals surface area contributed by atoms with Crippen LogP contribution >= 0.6 is 0 Å². The first-order chi connectivity index (χ1) is 11.4. The van der Waals surface area contributed by atoms with Gasteiger partial charge in [-0.2, -0.15) is 10.5 Å². The highest BCUT2D eigenvalue weighted by Crippen LogP contribution is 2.15. The van der Waals surface area contributed by atoms with Crippen molar-refractivity contribution in [1.29, 1.82) is 5.26 Å². The molecule has 10 heteroatoms. The van der Waals surface area contributed by atoms with Gasteiger partial charge in [0.05, 0.1) is 4.90 Å². The maximum atomic E-state index is 12.1. The van der Waals surface area contributed by atoms with Gasteiger partial charge < -0.3 is 5.32 Å². The van der Waals surface area contributed by atoms with Crippen molar-refractivity contribution < 1.29 is 8.42 Å². The third kappa shape index (κ3) is 4.61. The van der Waals surface area contributed by atoms with Crippen molar-refractivity contribution in [3.8, 4) is 6.07 Å². The molecule has 1 aromatic carbocycles. The molecule has 0 fully saturated rings. The van der Waals surface area contributed by atoms with Crippen LogP contribution in [-0.4, -0.2) is 35.6 Å².